The number of hydrogen-bond donors (Lipinski definition) is 2. The quantitative estimate of drug-likeness (QED) is 0.828. The summed E-state index contributed by atoms with van der Waals surface area (Å²) in [5, 5.41) is 17.8. The molecule has 9 heteroatoms. The van der Waals surface area contributed by atoms with Crippen LogP contribution < -0.4 is 10.6 Å². The molecule has 2 N–H and O–H groups in total. The third-order valence-corrected chi connectivity index (χ3v) is 4.22. The number of rotatable bonds is 5. The van der Waals surface area contributed by atoms with Crippen molar-refractivity contribution in [2.45, 2.75) is 38.3 Å². The van der Waals surface area contributed by atoms with E-state index in [-0.39, 0.29) is 30.2 Å². The zero-order valence-corrected chi connectivity index (χ0v) is 14.8. The number of nitrogens with zero attached hydrogens (tertiary/aromatic N) is 4. The molecule has 2 aromatic rings. The SMILES string of the molecule is Cc1nnnn1C(Cc1cccc(F)c1)C(=O)NC1CCCNC1.Cl. The molecule has 25 heavy (non-hydrogen) atoms. The maximum absolute atomic E-state index is 13.5. The van der Waals surface area contributed by atoms with E-state index < -0.39 is 6.04 Å². The van der Waals surface area contributed by atoms with Gasteiger partial charge in [-0.25, -0.2) is 9.07 Å². The van der Waals surface area contributed by atoms with Gasteiger partial charge in [0.05, 0.1) is 0 Å². The van der Waals surface area contributed by atoms with Crippen LogP contribution in [0.4, 0.5) is 4.39 Å². The molecule has 1 aromatic heterocycles. The Morgan fingerprint density at radius 2 is 2.36 bits per heavy atom. The number of hydrogen-bond acceptors (Lipinski definition) is 5. The number of nitrogens with one attached hydrogen (secondary N) is 2. The molecule has 1 saturated heterocycles. The van der Waals surface area contributed by atoms with Gasteiger partial charge >= 0.3 is 0 Å². The zero-order valence-electron chi connectivity index (χ0n) is 14.0. The minimum Gasteiger partial charge on any atom is -0.350 e. The molecule has 0 bridgehead atoms. The van der Waals surface area contributed by atoms with Gasteiger partial charge in [0, 0.05) is 19.0 Å². The molecule has 7 nitrogen and oxygen atoms in total. The second kappa shape index (κ2) is 8.87. The Hall–Kier alpha value is -2.06. The van der Waals surface area contributed by atoms with Gasteiger partial charge in [0.1, 0.15) is 17.7 Å². The number of aryl methyl sites for hydroxylation is 1. The average Bonchev–Trinajstić information content (AvgIpc) is 2.99. The minimum absolute atomic E-state index is 0. The summed E-state index contributed by atoms with van der Waals surface area (Å²) in [5.41, 5.74) is 0.729. The third kappa shape index (κ3) is 4.96. The lowest BCUT2D eigenvalue weighted by Gasteiger charge is -2.26. The summed E-state index contributed by atoms with van der Waals surface area (Å²) in [7, 11) is 0. The molecule has 2 unspecified atom stereocenters. The molecule has 0 spiro atoms. The van der Waals surface area contributed by atoms with Crippen LogP contribution in [0.2, 0.25) is 0 Å². The first kappa shape index (κ1) is 19.3. The van der Waals surface area contributed by atoms with Crippen LogP contribution in [0.3, 0.4) is 0 Å². The predicted molar refractivity (Wildman–Crippen MR) is 93.0 cm³/mol. The fourth-order valence-electron chi connectivity index (χ4n) is 2.98. The van der Waals surface area contributed by atoms with Crippen molar-refractivity contribution in [3.8, 4) is 0 Å². The molecule has 1 aromatic carbocycles. The first-order chi connectivity index (χ1) is 11.6. The van der Waals surface area contributed by atoms with Crippen molar-refractivity contribution in [2.24, 2.45) is 0 Å². The molecule has 0 radical (unpaired) electrons. The number of tetrazole rings is 1. The third-order valence-electron chi connectivity index (χ3n) is 4.22. The van der Waals surface area contributed by atoms with Crippen LogP contribution in [0.5, 0.6) is 0 Å². The second-order valence-corrected chi connectivity index (χ2v) is 6.07. The van der Waals surface area contributed by atoms with Crippen LogP contribution in [0.1, 0.15) is 30.3 Å². The van der Waals surface area contributed by atoms with Crippen LogP contribution in [0.25, 0.3) is 0 Å². The lowest BCUT2D eigenvalue weighted by atomic mass is 10.0. The Bertz CT molecular complexity index is 703. The number of halogens is 2. The first-order valence-electron chi connectivity index (χ1n) is 8.13. The van der Waals surface area contributed by atoms with E-state index in [0.29, 0.717) is 12.2 Å². The van der Waals surface area contributed by atoms with Crippen LogP contribution in [-0.2, 0) is 11.2 Å². The molecule has 1 amide bonds. The molecule has 1 aliphatic heterocycles. The van der Waals surface area contributed by atoms with Gasteiger partial charge in [-0.05, 0) is 54.4 Å². The number of carbonyl (C=O) groups excluding carboxylic acids is 1. The summed E-state index contributed by atoms with van der Waals surface area (Å²) >= 11 is 0. The standard InChI is InChI=1S/C16H21FN6O.ClH/c1-11-20-21-22-23(11)15(9-12-4-2-5-13(17)8-12)16(24)19-14-6-3-7-18-10-14;/h2,4-5,8,14-15,18H,3,6-7,9-10H2,1H3,(H,19,24);1H. The van der Waals surface area contributed by atoms with E-state index >= 15 is 0 Å². The largest absolute Gasteiger partial charge is 0.350 e. The van der Waals surface area contributed by atoms with Crippen molar-refractivity contribution in [3.05, 3.63) is 41.5 Å². The van der Waals surface area contributed by atoms with Crippen LogP contribution in [0, 0.1) is 12.7 Å². The first-order valence-corrected chi connectivity index (χ1v) is 8.13. The van der Waals surface area contributed by atoms with Gasteiger partial charge in [0.2, 0.25) is 5.91 Å². The molecule has 1 aliphatic rings. The highest BCUT2D eigenvalue weighted by Crippen LogP contribution is 2.17. The van der Waals surface area contributed by atoms with Crippen LogP contribution in [0.15, 0.2) is 24.3 Å². The molecule has 0 aliphatic carbocycles. The normalized spacial score (nSPS) is 18.2. The number of aromatic nitrogens is 4. The maximum atomic E-state index is 13.5. The van der Waals surface area contributed by atoms with E-state index in [1.807, 2.05) is 0 Å². The highest BCUT2D eigenvalue weighted by molar-refractivity contribution is 5.85. The molecule has 2 atom stereocenters. The van der Waals surface area contributed by atoms with E-state index in [2.05, 4.69) is 26.2 Å². The van der Waals surface area contributed by atoms with Crippen molar-refractivity contribution < 1.29 is 9.18 Å². The van der Waals surface area contributed by atoms with Gasteiger partial charge in [-0.3, -0.25) is 4.79 Å². The molecule has 3 rings (SSSR count). The lowest BCUT2D eigenvalue weighted by Crippen LogP contribution is -2.48. The van der Waals surface area contributed by atoms with Gasteiger partial charge in [-0.2, -0.15) is 0 Å². The zero-order chi connectivity index (χ0) is 16.9. The van der Waals surface area contributed by atoms with Crippen LogP contribution in [-0.4, -0.2) is 45.2 Å². The second-order valence-electron chi connectivity index (χ2n) is 6.07. The van der Waals surface area contributed by atoms with E-state index in [1.54, 1.807) is 19.1 Å². The van der Waals surface area contributed by atoms with Crippen molar-refractivity contribution in [1.82, 2.24) is 30.8 Å². The summed E-state index contributed by atoms with van der Waals surface area (Å²) in [6, 6.07) is 5.74. The fraction of sp³-hybridized carbons (Fsp3) is 0.500. The average molecular weight is 369 g/mol. The summed E-state index contributed by atoms with van der Waals surface area (Å²) in [4.78, 5) is 12.8. The van der Waals surface area contributed by atoms with Crippen LogP contribution >= 0.6 is 12.4 Å². The molecule has 2 heterocycles. The molecular formula is C16H22ClFN6O. The Morgan fingerprint density at radius 1 is 1.52 bits per heavy atom. The smallest absolute Gasteiger partial charge is 0.245 e. The van der Waals surface area contributed by atoms with E-state index in [4.69, 9.17) is 0 Å². The van der Waals surface area contributed by atoms with Crippen molar-refractivity contribution in [2.75, 3.05) is 13.1 Å². The summed E-state index contributed by atoms with van der Waals surface area (Å²) in [5.74, 6) is 0.0771. The van der Waals surface area contributed by atoms with Gasteiger partial charge in [-0.15, -0.1) is 17.5 Å². The number of piperidine rings is 1. The topological polar surface area (TPSA) is 84.7 Å². The molecule has 1 fully saturated rings. The summed E-state index contributed by atoms with van der Waals surface area (Å²) in [6.07, 6.45) is 2.30. The monoisotopic (exact) mass is 368 g/mol. The predicted octanol–water partition coefficient (Wildman–Crippen LogP) is 1.19. The Labute approximate surface area is 151 Å². The number of carbonyl (C=O) groups is 1. The maximum Gasteiger partial charge on any atom is 0.245 e. The molecule has 136 valence electrons. The van der Waals surface area contributed by atoms with E-state index in [9.17, 15) is 9.18 Å². The van der Waals surface area contributed by atoms with E-state index in [0.717, 1.165) is 31.5 Å². The molecular weight excluding hydrogens is 347 g/mol. The molecule has 0 saturated carbocycles. The Balaban J connectivity index is 0.00000225. The summed E-state index contributed by atoms with van der Waals surface area (Å²) < 4.78 is 15.0. The van der Waals surface area contributed by atoms with Gasteiger partial charge < -0.3 is 10.6 Å². The van der Waals surface area contributed by atoms with Crippen molar-refractivity contribution in [1.29, 1.82) is 0 Å². The Morgan fingerprint density at radius 3 is 3.00 bits per heavy atom. The van der Waals surface area contributed by atoms with Gasteiger partial charge in [0.15, 0.2) is 0 Å². The minimum atomic E-state index is -0.608. The van der Waals surface area contributed by atoms with Gasteiger partial charge in [-0.1, -0.05) is 12.1 Å². The van der Waals surface area contributed by atoms with Crippen molar-refractivity contribution in [3.63, 3.8) is 0 Å². The number of amides is 1. The lowest BCUT2D eigenvalue weighted by molar-refractivity contribution is -0.125. The highest BCUT2D eigenvalue weighted by atomic mass is 35.5. The van der Waals surface area contributed by atoms with Crippen molar-refractivity contribution >= 4 is 18.3 Å². The summed E-state index contributed by atoms with van der Waals surface area (Å²) in [6.45, 7) is 3.48. The van der Waals surface area contributed by atoms with E-state index in [1.165, 1.54) is 16.8 Å². The fourth-order valence-corrected chi connectivity index (χ4v) is 2.98. The van der Waals surface area contributed by atoms with Gasteiger partial charge in [0.25, 0.3) is 0 Å². The highest BCUT2D eigenvalue weighted by Gasteiger charge is 2.26. The Kier molecular flexibility index (Phi) is 6.83. The number of benzene rings is 1.